The first-order valence-corrected chi connectivity index (χ1v) is 10.1. The van der Waals surface area contributed by atoms with Crippen molar-refractivity contribution >= 4 is 11.8 Å². The molecule has 0 unspecified atom stereocenters. The summed E-state index contributed by atoms with van der Waals surface area (Å²) in [6.45, 7) is 0.425. The molecule has 0 saturated heterocycles. The van der Waals surface area contributed by atoms with Crippen molar-refractivity contribution < 1.29 is 22.8 Å². The number of hydrogen-bond donors (Lipinski definition) is 1. The van der Waals surface area contributed by atoms with Gasteiger partial charge in [0.05, 0.1) is 12.0 Å². The van der Waals surface area contributed by atoms with Gasteiger partial charge in [-0.25, -0.2) is 0 Å². The second-order valence-corrected chi connectivity index (χ2v) is 8.07. The molecule has 0 aliphatic heterocycles. The highest BCUT2D eigenvalue weighted by Gasteiger charge is 2.33. The van der Waals surface area contributed by atoms with Crippen LogP contribution < -0.4 is 5.32 Å². The van der Waals surface area contributed by atoms with Crippen LogP contribution in [0.5, 0.6) is 0 Å². The average molecular weight is 416 g/mol. The number of carbonyl (C=O) groups is 2. The lowest BCUT2D eigenvalue weighted by atomic mass is 10.1. The highest BCUT2D eigenvalue weighted by Crippen LogP contribution is 2.31. The van der Waals surface area contributed by atoms with Crippen LogP contribution in [-0.2, 0) is 23.9 Å². The number of rotatable bonds is 7. The summed E-state index contributed by atoms with van der Waals surface area (Å²) < 4.78 is 38.1. The first kappa shape index (κ1) is 20.4. The molecule has 0 radical (unpaired) electrons. The average Bonchev–Trinajstić information content (AvgIpc) is 3.61. The molecule has 2 aromatic carbocycles. The summed E-state index contributed by atoms with van der Waals surface area (Å²) in [7, 11) is 0. The van der Waals surface area contributed by atoms with Crippen LogP contribution in [0.1, 0.15) is 52.7 Å². The molecule has 0 spiro atoms. The molecule has 0 bridgehead atoms. The lowest BCUT2D eigenvalue weighted by molar-refractivity contribution is -0.137. The van der Waals surface area contributed by atoms with E-state index in [4.69, 9.17) is 0 Å². The van der Waals surface area contributed by atoms with Crippen molar-refractivity contribution in [3.63, 3.8) is 0 Å². The van der Waals surface area contributed by atoms with E-state index in [0.717, 1.165) is 43.4 Å². The second kappa shape index (κ2) is 8.13. The fourth-order valence-corrected chi connectivity index (χ4v) is 3.35. The van der Waals surface area contributed by atoms with Crippen LogP contribution in [0.25, 0.3) is 0 Å². The van der Waals surface area contributed by atoms with Gasteiger partial charge in [-0.05, 0) is 61.1 Å². The Morgan fingerprint density at radius 2 is 1.50 bits per heavy atom. The Morgan fingerprint density at radius 3 is 2.03 bits per heavy atom. The maximum Gasteiger partial charge on any atom is 0.416 e. The zero-order valence-corrected chi connectivity index (χ0v) is 16.4. The highest BCUT2D eigenvalue weighted by atomic mass is 19.4. The summed E-state index contributed by atoms with van der Waals surface area (Å²) in [5.74, 6) is -0.186. The van der Waals surface area contributed by atoms with E-state index in [9.17, 15) is 22.8 Å². The number of alkyl halides is 3. The largest absolute Gasteiger partial charge is 0.416 e. The van der Waals surface area contributed by atoms with E-state index in [0.29, 0.717) is 23.7 Å². The predicted molar refractivity (Wildman–Crippen MR) is 106 cm³/mol. The molecule has 4 nitrogen and oxygen atoms in total. The van der Waals surface area contributed by atoms with Crippen LogP contribution in [0.2, 0.25) is 0 Å². The van der Waals surface area contributed by atoms with Crippen LogP contribution in [0.4, 0.5) is 13.2 Å². The quantitative estimate of drug-likeness (QED) is 0.730. The van der Waals surface area contributed by atoms with Crippen LogP contribution in [0.3, 0.4) is 0 Å². The van der Waals surface area contributed by atoms with E-state index >= 15 is 0 Å². The first-order chi connectivity index (χ1) is 14.3. The molecule has 0 aromatic heterocycles. The van der Waals surface area contributed by atoms with Crippen molar-refractivity contribution in [2.24, 2.45) is 0 Å². The van der Waals surface area contributed by atoms with E-state index in [1.807, 2.05) is 12.1 Å². The minimum atomic E-state index is -4.38. The topological polar surface area (TPSA) is 49.4 Å². The molecule has 0 atom stereocenters. The predicted octanol–water partition coefficient (Wildman–Crippen LogP) is 4.33. The molecule has 30 heavy (non-hydrogen) atoms. The lowest BCUT2D eigenvalue weighted by Crippen LogP contribution is -2.33. The van der Waals surface area contributed by atoms with Gasteiger partial charge in [0.2, 0.25) is 5.91 Å². The molecule has 7 heteroatoms. The fraction of sp³-hybridized carbons (Fsp3) is 0.391. The molecule has 2 saturated carbocycles. The lowest BCUT2D eigenvalue weighted by Gasteiger charge is -2.23. The molecule has 1 N–H and O–H groups in total. The minimum absolute atomic E-state index is 0.0660. The monoisotopic (exact) mass is 416 g/mol. The number of nitrogens with zero attached hydrogens (tertiary/aromatic N) is 1. The number of carbonyl (C=O) groups excluding carboxylic acids is 2. The van der Waals surface area contributed by atoms with Gasteiger partial charge in [-0.3, -0.25) is 9.59 Å². The third-order valence-electron chi connectivity index (χ3n) is 5.43. The van der Waals surface area contributed by atoms with Crippen molar-refractivity contribution in [2.75, 3.05) is 0 Å². The van der Waals surface area contributed by atoms with Crippen LogP contribution in [0, 0.1) is 0 Å². The van der Waals surface area contributed by atoms with Crippen molar-refractivity contribution in [2.45, 2.75) is 56.9 Å². The first-order valence-electron chi connectivity index (χ1n) is 10.1. The number of amides is 2. The molecule has 0 heterocycles. The maximum absolute atomic E-state index is 12.8. The number of hydrogen-bond acceptors (Lipinski definition) is 2. The summed E-state index contributed by atoms with van der Waals surface area (Å²) in [4.78, 5) is 26.7. The van der Waals surface area contributed by atoms with Gasteiger partial charge in [0, 0.05) is 24.2 Å². The molecular weight excluding hydrogens is 393 g/mol. The van der Waals surface area contributed by atoms with E-state index in [2.05, 4.69) is 5.32 Å². The third kappa shape index (κ3) is 5.20. The summed E-state index contributed by atoms with van der Waals surface area (Å²) >= 11 is 0. The van der Waals surface area contributed by atoms with Crippen molar-refractivity contribution in [3.8, 4) is 0 Å². The van der Waals surface area contributed by atoms with Gasteiger partial charge < -0.3 is 10.2 Å². The number of nitrogens with one attached hydrogen (secondary N) is 1. The van der Waals surface area contributed by atoms with Crippen molar-refractivity contribution in [1.82, 2.24) is 10.2 Å². The fourth-order valence-electron chi connectivity index (χ4n) is 3.35. The molecule has 2 aliphatic carbocycles. The van der Waals surface area contributed by atoms with E-state index in [1.54, 1.807) is 17.0 Å². The van der Waals surface area contributed by atoms with E-state index in [1.165, 1.54) is 12.1 Å². The maximum atomic E-state index is 12.8. The smallest absolute Gasteiger partial charge is 0.349 e. The van der Waals surface area contributed by atoms with Crippen LogP contribution in [0.15, 0.2) is 48.5 Å². The minimum Gasteiger partial charge on any atom is -0.349 e. The standard InChI is InChI=1S/C23H23F3N2O2/c24-23(25,26)18-7-3-15(4-8-18)13-21(29)28(20-11-12-20)14-16-1-5-17(6-2-16)22(30)27-19-9-10-19/h1-8,19-20H,9-14H2,(H,27,30). The summed E-state index contributed by atoms with van der Waals surface area (Å²) in [5, 5.41) is 2.94. The van der Waals surface area contributed by atoms with Gasteiger partial charge in [0.15, 0.2) is 0 Å². The highest BCUT2D eigenvalue weighted by molar-refractivity contribution is 5.94. The van der Waals surface area contributed by atoms with Gasteiger partial charge in [-0.2, -0.15) is 13.2 Å². The third-order valence-corrected chi connectivity index (χ3v) is 5.43. The number of benzene rings is 2. The Bertz CT molecular complexity index is 915. The molecule has 2 aliphatic rings. The molecule has 2 amide bonds. The zero-order valence-electron chi connectivity index (χ0n) is 16.4. The van der Waals surface area contributed by atoms with Crippen LogP contribution in [-0.4, -0.2) is 28.8 Å². The van der Waals surface area contributed by atoms with Crippen molar-refractivity contribution in [1.29, 1.82) is 0 Å². The van der Waals surface area contributed by atoms with Crippen LogP contribution >= 0.6 is 0 Å². The Morgan fingerprint density at radius 1 is 0.900 bits per heavy atom. The van der Waals surface area contributed by atoms with E-state index in [-0.39, 0.29) is 24.3 Å². The van der Waals surface area contributed by atoms with Crippen molar-refractivity contribution in [3.05, 3.63) is 70.8 Å². The van der Waals surface area contributed by atoms with Gasteiger partial charge in [0.1, 0.15) is 0 Å². The Hall–Kier alpha value is -2.83. The second-order valence-electron chi connectivity index (χ2n) is 8.07. The summed E-state index contributed by atoms with van der Waals surface area (Å²) in [5.41, 5.74) is 1.36. The van der Waals surface area contributed by atoms with Gasteiger partial charge >= 0.3 is 6.18 Å². The summed E-state index contributed by atoms with van der Waals surface area (Å²) in [6, 6.07) is 12.4. The molecular formula is C23H23F3N2O2. The van der Waals surface area contributed by atoms with Gasteiger partial charge in [-0.15, -0.1) is 0 Å². The molecule has 4 rings (SSSR count). The molecule has 2 aromatic rings. The summed E-state index contributed by atoms with van der Waals surface area (Å²) in [6.07, 6.45) is -0.398. The Labute approximate surface area is 173 Å². The van der Waals surface area contributed by atoms with Gasteiger partial charge in [0.25, 0.3) is 5.91 Å². The SMILES string of the molecule is O=C(NC1CC1)c1ccc(CN(C(=O)Cc2ccc(C(F)(F)F)cc2)C2CC2)cc1. The van der Waals surface area contributed by atoms with Gasteiger partial charge in [-0.1, -0.05) is 24.3 Å². The Kier molecular flexibility index (Phi) is 5.54. The normalized spacial score (nSPS) is 16.2. The Balaban J connectivity index is 1.38. The molecule has 2 fully saturated rings. The molecule has 158 valence electrons. The number of halogens is 3. The van der Waals surface area contributed by atoms with E-state index < -0.39 is 11.7 Å². The zero-order chi connectivity index (χ0) is 21.3.